The minimum absolute atomic E-state index is 0.00463. The summed E-state index contributed by atoms with van der Waals surface area (Å²) in [5.41, 5.74) is -5.71. The molecule has 99 heavy (non-hydrogen) atoms. The van der Waals surface area contributed by atoms with Crippen molar-refractivity contribution in [2.24, 2.45) is 0 Å². The normalized spacial score (nSPS) is 10.2. The molecule has 0 amide bonds. The quantitative estimate of drug-likeness (QED) is 0.0517. The molecule has 10 aromatic carbocycles. The van der Waals surface area contributed by atoms with Crippen molar-refractivity contribution in [1.82, 2.24) is 0 Å². The highest BCUT2D eigenvalue weighted by Crippen LogP contribution is 2.39. The Bertz CT molecular complexity index is 4870. The first-order valence-corrected chi connectivity index (χ1v) is 26.3. The van der Waals surface area contributed by atoms with Crippen molar-refractivity contribution in [2.75, 3.05) is 0 Å². The van der Waals surface area contributed by atoms with Crippen molar-refractivity contribution in [3.8, 4) is 63.2 Å². The van der Waals surface area contributed by atoms with E-state index in [1.54, 1.807) is 0 Å². The van der Waals surface area contributed by atoms with Crippen LogP contribution in [0.15, 0.2) is 127 Å². The average Bonchev–Trinajstić information content (AvgIpc) is 0.775. The Balaban J connectivity index is 0.000000216. The van der Waals surface area contributed by atoms with Crippen LogP contribution in [0, 0.1) is 0 Å². The molecule has 0 aromatic heterocycles. The Morgan fingerprint density at radius 1 is 0.182 bits per heavy atom. The molecule has 0 aliphatic heterocycles. The maximum atomic E-state index is 11.3. The maximum Gasteiger partial charge on any atom is 0.343 e. The smallest absolute Gasteiger partial charge is 0.343 e. The number of carboxylic acid groups (broad SMARTS) is 12. The number of rotatable bonds is 12. The van der Waals surface area contributed by atoms with E-state index >= 15 is 0 Å². The lowest BCUT2D eigenvalue weighted by atomic mass is 9.96. The second-order valence-electron chi connectivity index (χ2n) is 19.3. The molecule has 10 rings (SSSR count). The van der Waals surface area contributed by atoms with Gasteiger partial charge in [0.15, 0.2) is 5.75 Å². The number of carbonyl (C=O) groups is 12. The first-order valence-electron chi connectivity index (χ1n) is 26.3. The van der Waals surface area contributed by atoms with Crippen LogP contribution < -0.4 is 0 Å². The largest absolute Gasteiger partial charge is 0.507 e. The van der Waals surface area contributed by atoms with Gasteiger partial charge in [-0.3, -0.25) is 0 Å². The van der Waals surface area contributed by atoms with Crippen molar-refractivity contribution in [3.05, 3.63) is 194 Å². The fraction of sp³-hybridized carbons (Fsp3) is 0. The fourth-order valence-corrected chi connectivity index (χ4v) is 9.08. The summed E-state index contributed by atoms with van der Waals surface area (Å²) in [6.07, 6.45) is 0. The minimum Gasteiger partial charge on any atom is -0.507 e. The second-order valence-corrected chi connectivity index (χ2v) is 19.3. The third-order valence-corrected chi connectivity index (χ3v) is 13.4. The van der Waals surface area contributed by atoms with Crippen LogP contribution in [0.1, 0.15) is 124 Å². The summed E-state index contributed by atoms with van der Waals surface area (Å²) in [5.74, 6) is -24.3. The van der Waals surface area contributed by atoms with Crippen LogP contribution in [0.5, 0.6) is 63.2 Å². The Kier molecular flexibility index (Phi) is 22.9. The van der Waals surface area contributed by atoms with E-state index in [0.717, 1.165) is 36.4 Å². The van der Waals surface area contributed by atoms with Crippen molar-refractivity contribution in [1.29, 1.82) is 0 Å². The predicted octanol–water partition coefficient (Wildman–Crippen LogP) is 7.87. The number of benzene rings is 10. The summed E-state index contributed by atoms with van der Waals surface area (Å²) < 4.78 is 0. The standard InChI is InChI=1S/C16H10O6.C12H8O6.C12H8O5.C8H6O7.C8H6O6.C8H6O5/c17-11-3-1-7-5-10-8(6-9(7)13(11)15(19)20)2-4-12(18)14(10)16(21)22;13-7-3-1-5-6(10(7)12(17)18)2-4-8(14)9(5)11(15)16;13-9-5-4-6-7(10(9)12(16)17)2-1-3-8(6)11(14)15;9-2-1-3(10)5(8(14)15)6(11)4(2)7(12)13;9-4-2-1-3(7(11)12)6(10)5(4)8(13)14;9-6-4(7(10)11)2-1-3-5(6)8(12)13/h1-6,17-18H,(H,19,20)(H,21,22);1-4,13-14H,(H,15,16)(H,17,18);1-5,13H,(H,14,15)(H,16,17);1,9-11H,(H,12,13)(H,14,15);1-2,9-10H,(H,11,12)(H,13,14);1-3,9H,(H,10,11)(H,12,13). The highest BCUT2D eigenvalue weighted by molar-refractivity contribution is 6.16. The van der Waals surface area contributed by atoms with E-state index in [9.17, 15) is 103 Å². The topological polar surface area (TPSA) is 670 Å². The van der Waals surface area contributed by atoms with Crippen LogP contribution in [0.4, 0.5) is 0 Å². The molecule has 0 saturated carbocycles. The zero-order valence-electron chi connectivity index (χ0n) is 48.8. The summed E-state index contributed by atoms with van der Waals surface area (Å²) in [5, 5.41) is 210. The van der Waals surface area contributed by atoms with E-state index in [2.05, 4.69) is 0 Å². The van der Waals surface area contributed by atoms with Crippen molar-refractivity contribution < 1.29 is 175 Å². The molecule has 10 aromatic rings. The molecule has 0 unspecified atom stereocenters. The van der Waals surface area contributed by atoms with E-state index < -0.39 is 162 Å². The number of aromatic hydroxyl groups is 11. The van der Waals surface area contributed by atoms with Crippen LogP contribution in [0.25, 0.3) is 43.1 Å². The molecule has 0 atom stereocenters. The number of phenols is 11. The van der Waals surface area contributed by atoms with Crippen molar-refractivity contribution in [3.63, 3.8) is 0 Å². The molecule has 35 nitrogen and oxygen atoms in total. The van der Waals surface area contributed by atoms with Gasteiger partial charge in [-0.25, -0.2) is 57.5 Å². The van der Waals surface area contributed by atoms with Gasteiger partial charge in [-0.15, -0.1) is 0 Å². The highest BCUT2D eigenvalue weighted by atomic mass is 16.4. The first-order chi connectivity index (χ1) is 46.2. The van der Waals surface area contributed by atoms with Gasteiger partial charge in [0.25, 0.3) is 0 Å². The third-order valence-electron chi connectivity index (χ3n) is 13.4. The Hall–Kier alpha value is -15.3. The predicted molar refractivity (Wildman–Crippen MR) is 331 cm³/mol. The van der Waals surface area contributed by atoms with Crippen molar-refractivity contribution in [2.45, 2.75) is 0 Å². The highest BCUT2D eigenvalue weighted by Gasteiger charge is 2.28. The maximum absolute atomic E-state index is 11.3. The average molecular weight is 1370 g/mol. The molecule has 0 saturated heterocycles. The van der Waals surface area contributed by atoms with E-state index in [1.165, 1.54) is 84.9 Å². The molecular weight excluding hydrogens is 1330 g/mol. The van der Waals surface area contributed by atoms with Gasteiger partial charge in [0.05, 0.1) is 5.56 Å². The number of para-hydroxylation sites is 1. The number of aromatic carboxylic acids is 12. The van der Waals surface area contributed by atoms with Crippen LogP contribution >= 0.6 is 0 Å². The molecule has 0 radical (unpaired) electrons. The Morgan fingerprint density at radius 3 is 0.747 bits per heavy atom. The Labute approximate surface area is 545 Å². The van der Waals surface area contributed by atoms with E-state index in [4.69, 9.17) is 71.5 Å². The summed E-state index contributed by atoms with van der Waals surface area (Å²) in [7, 11) is 0. The first kappa shape index (κ1) is 74.4. The third kappa shape index (κ3) is 16.1. The van der Waals surface area contributed by atoms with Crippen LogP contribution in [0.3, 0.4) is 0 Å². The molecule has 35 heteroatoms. The van der Waals surface area contributed by atoms with Crippen LogP contribution in [-0.2, 0) is 0 Å². The number of carboxylic acids is 12. The zero-order valence-corrected chi connectivity index (χ0v) is 48.8. The van der Waals surface area contributed by atoms with Gasteiger partial charge in [-0.1, -0.05) is 30.3 Å². The molecule has 0 bridgehead atoms. The summed E-state index contributed by atoms with van der Waals surface area (Å²) in [6, 6.07) is 25.8. The molecule has 0 heterocycles. The lowest BCUT2D eigenvalue weighted by molar-refractivity contribution is 0.0664. The fourth-order valence-electron chi connectivity index (χ4n) is 9.08. The van der Waals surface area contributed by atoms with Crippen molar-refractivity contribution >= 4 is 115 Å². The molecule has 0 fully saturated rings. The number of hydrogen-bond donors (Lipinski definition) is 23. The van der Waals surface area contributed by atoms with E-state index in [-0.39, 0.29) is 61.0 Å². The molecule has 0 aliphatic rings. The Morgan fingerprint density at radius 2 is 0.424 bits per heavy atom. The van der Waals surface area contributed by atoms with Gasteiger partial charge in [0.2, 0.25) is 0 Å². The number of fused-ring (bicyclic) bond motifs is 4. The monoisotopic (exact) mass is 1370 g/mol. The molecule has 0 spiro atoms. The lowest BCUT2D eigenvalue weighted by Gasteiger charge is -2.10. The summed E-state index contributed by atoms with van der Waals surface area (Å²) in [4.78, 5) is 130. The van der Waals surface area contributed by atoms with Gasteiger partial charge < -0.3 is 117 Å². The van der Waals surface area contributed by atoms with Gasteiger partial charge in [-0.2, -0.15) is 0 Å². The number of hydrogen-bond acceptors (Lipinski definition) is 23. The van der Waals surface area contributed by atoms with Gasteiger partial charge in [0, 0.05) is 33.0 Å². The SMILES string of the molecule is O=C(O)c1c(O)cc(O)c(C(=O)O)c1O.O=C(O)c1c(O)ccc2c(C(=O)O)c(O)ccc12.O=C(O)c1c(O)ccc2cc3c(C(=O)O)c(O)ccc3cc12.O=C(O)c1ccc(O)c(C(=O)O)c1O.O=C(O)c1cccc(C(=O)O)c1O.O=C(O)c1cccc2c(C(=O)O)c(O)ccc12. The molecular formula is C64H44O35. The van der Waals surface area contributed by atoms with E-state index in [0.29, 0.717) is 27.6 Å². The molecule has 23 N–H and O–H groups in total. The van der Waals surface area contributed by atoms with Gasteiger partial charge >= 0.3 is 71.6 Å². The zero-order chi connectivity index (χ0) is 74.7. The minimum atomic E-state index is -1.70. The summed E-state index contributed by atoms with van der Waals surface area (Å²) >= 11 is 0. The van der Waals surface area contributed by atoms with E-state index in [1.807, 2.05) is 0 Å². The van der Waals surface area contributed by atoms with Gasteiger partial charge in [0.1, 0.15) is 119 Å². The molecule has 510 valence electrons. The second kappa shape index (κ2) is 30.4. The van der Waals surface area contributed by atoms with Crippen LogP contribution in [0.2, 0.25) is 0 Å². The molecule has 0 aliphatic carbocycles. The lowest BCUT2D eigenvalue weighted by Crippen LogP contribution is -2.04. The van der Waals surface area contributed by atoms with Crippen LogP contribution in [-0.4, -0.2) is 189 Å². The summed E-state index contributed by atoms with van der Waals surface area (Å²) in [6.45, 7) is 0. The van der Waals surface area contributed by atoms with Gasteiger partial charge in [-0.05, 0) is 107 Å².